The smallest absolute Gasteiger partial charge is 0.338 e. The van der Waals surface area contributed by atoms with Gasteiger partial charge in [0, 0.05) is 11.9 Å². The lowest BCUT2D eigenvalue weighted by molar-refractivity contribution is -0.136. The van der Waals surface area contributed by atoms with Crippen molar-refractivity contribution >= 4 is 41.0 Å². The van der Waals surface area contributed by atoms with Crippen LogP contribution in [0, 0.1) is 0 Å². The molecule has 0 amide bonds. The highest BCUT2D eigenvalue weighted by molar-refractivity contribution is 7.07. The number of aromatic nitrogens is 1. The molecule has 0 fully saturated rings. The molecule has 0 unspecified atom stereocenters. The molecule has 10 heteroatoms. The van der Waals surface area contributed by atoms with Gasteiger partial charge in [-0.1, -0.05) is 47.2 Å². The van der Waals surface area contributed by atoms with Gasteiger partial charge >= 0.3 is 11.9 Å². The second kappa shape index (κ2) is 9.89. The van der Waals surface area contributed by atoms with Gasteiger partial charge in [0.2, 0.25) is 0 Å². The molecule has 0 radical (unpaired) electrons. The van der Waals surface area contributed by atoms with Crippen LogP contribution in [-0.2, 0) is 14.3 Å². The van der Waals surface area contributed by atoms with E-state index >= 15 is 0 Å². The predicted octanol–water partition coefficient (Wildman–Crippen LogP) is 3.00. The van der Waals surface area contributed by atoms with E-state index in [0.717, 1.165) is 0 Å². The first-order chi connectivity index (χ1) is 16.7. The molecule has 1 aliphatic heterocycles. The number of ether oxygens (including phenoxy) is 3. The van der Waals surface area contributed by atoms with Crippen LogP contribution < -0.4 is 24.4 Å². The Balaban J connectivity index is 1.92. The standard InChI is InChI=1S/C25H21ClN2O6S/c1-13-21(24(31)33-4)22(16-7-5-6-8-17(16)26)28-23(30)20(35-25(28)27-13)12-15-9-10-18(34-14(2)29)19(11-15)32-3/h5-12,22H,1-4H3/b20-12+/t22-/m0/s1. The van der Waals surface area contributed by atoms with Gasteiger partial charge < -0.3 is 14.2 Å². The number of halogens is 1. The van der Waals surface area contributed by atoms with Crippen molar-refractivity contribution < 1.29 is 23.8 Å². The first-order valence-electron chi connectivity index (χ1n) is 10.5. The summed E-state index contributed by atoms with van der Waals surface area (Å²) in [6.07, 6.45) is 1.69. The largest absolute Gasteiger partial charge is 0.493 e. The zero-order valence-electron chi connectivity index (χ0n) is 19.3. The number of hydrogen-bond acceptors (Lipinski definition) is 8. The summed E-state index contributed by atoms with van der Waals surface area (Å²) >= 11 is 7.67. The highest BCUT2D eigenvalue weighted by Gasteiger charge is 2.34. The molecule has 1 aliphatic rings. The Kier molecular flexibility index (Phi) is 6.90. The Labute approximate surface area is 209 Å². The van der Waals surface area contributed by atoms with E-state index in [0.29, 0.717) is 36.9 Å². The topological polar surface area (TPSA) is 96.2 Å². The minimum absolute atomic E-state index is 0.243. The quantitative estimate of drug-likeness (QED) is 0.385. The number of thiazole rings is 1. The zero-order valence-corrected chi connectivity index (χ0v) is 20.9. The molecular weight excluding hydrogens is 492 g/mol. The molecule has 3 aromatic rings. The molecular formula is C25H21ClN2O6S. The van der Waals surface area contributed by atoms with E-state index in [2.05, 4.69) is 4.99 Å². The number of hydrogen-bond donors (Lipinski definition) is 0. The molecule has 0 saturated carbocycles. The van der Waals surface area contributed by atoms with E-state index in [1.54, 1.807) is 55.5 Å². The fourth-order valence-corrected chi connectivity index (χ4v) is 5.13. The summed E-state index contributed by atoms with van der Waals surface area (Å²) in [7, 11) is 2.74. The lowest BCUT2D eigenvalue weighted by Gasteiger charge is -2.25. The second-order valence-electron chi connectivity index (χ2n) is 7.60. The highest BCUT2D eigenvalue weighted by Crippen LogP contribution is 2.34. The van der Waals surface area contributed by atoms with Crippen LogP contribution in [0.4, 0.5) is 0 Å². The fourth-order valence-electron chi connectivity index (χ4n) is 3.85. The molecule has 180 valence electrons. The van der Waals surface area contributed by atoms with Crippen molar-refractivity contribution in [3.05, 3.63) is 89.6 Å². The van der Waals surface area contributed by atoms with Crippen molar-refractivity contribution in [2.75, 3.05) is 14.2 Å². The van der Waals surface area contributed by atoms with Crippen LogP contribution in [0.25, 0.3) is 6.08 Å². The van der Waals surface area contributed by atoms with Crippen LogP contribution >= 0.6 is 22.9 Å². The Morgan fingerprint density at radius 2 is 1.89 bits per heavy atom. The van der Waals surface area contributed by atoms with Gasteiger partial charge in [-0.05, 0) is 42.3 Å². The molecule has 0 bridgehead atoms. The number of esters is 2. The Morgan fingerprint density at radius 3 is 2.54 bits per heavy atom. The van der Waals surface area contributed by atoms with Crippen molar-refractivity contribution in [2.24, 2.45) is 4.99 Å². The van der Waals surface area contributed by atoms with Crippen LogP contribution in [0.2, 0.25) is 5.02 Å². The summed E-state index contributed by atoms with van der Waals surface area (Å²) in [5, 5.41) is 0.411. The van der Waals surface area contributed by atoms with E-state index in [9.17, 15) is 14.4 Å². The minimum atomic E-state index is -0.796. The number of carbonyl (C=O) groups is 2. The van der Waals surface area contributed by atoms with E-state index in [4.69, 9.17) is 25.8 Å². The number of rotatable bonds is 5. The number of benzene rings is 2. The van der Waals surface area contributed by atoms with Gasteiger partial charge in [0.25, 0.3) is 5.56 Å². The number of nitrogens with zero attached hydrogens (tertiary/aromatic N) is 2. The van der Waals surface area contributed by atoms with Crippen LogP contribution in [0.15, 0.2) is 63.5 Å². The molecule has 0 spiro atoms. The molecule has 1 atom stereocenters. The molecule has 35 heavy (non-hydrogen) atoms. The number of methoxy groups -OCH3 is 2. The average Bonchev–Trinajstić information content (AvgIpc) is 3.13. The summed E-state index contributed by atoms with van der Waals surface area (Å²) in [4.78, 5) is 42.6. The monoisotopic (exact) mass is 512 g/mol. The van der Waals surface area contributed by atoms with E-state index in [1.807, 2.05) is 0 Å². The molecule has 0 saturated heterocycles. The van der Waals surface area contributed by atoms with Gasteiger partial charge in [-0.2, -0.15) is 0 Å². The second-order valence-corrected chi connectivity index (χ2v) is 9.02. The number of allylic oxidation sites excluding steroid dienone is 1. The van der Waals surface area contributed by atoms with Crippen LogP contribution in [0.3, 0.4) is 0 Å². The van der Waals surface area contributed by atoms with Crippen molar-refractivity contribution in [1.82, 2.24) is 4.57 Å². The fraction of sp³-hybridized carbons (Fsp3) is 0.200. The van der Waals surface area contributed by atoms with Gasteiger partial charge in [-0.15, -0.1) is 0 Å². The Morgan fingerprint density at radius 1 is 1.14 bits per heavy atom. The molecule has 8 nitrogen and oxygen atoms in total. The molecule has 0 N–H and O–H groups in total. The normalized spacial score (nSPS) is 15.3. The molecule has 4 rings (SSSR count). The van der Waals surface area contributed by atoms with Crippen molar-refractivity contribution in [3.63, 3.8) is 0 Å². The third-order valence-corrected chi connectivity index (χ3v) is 6.69. The summed E-state index contributed by atoms with van der Waals surface area (Å²) in [6.45, 7) is 3.00. The SMILES string of the molecule is COC(=O)C1=C(C)N=c2s/c(=C/c3ccc(OC(C)=O)c(OC)c3)c(=O)n2[C@H]1c1ccccc1Cl. The zero-order chi connectivity index (χ0) is 25.3. The third kappa shape index (κ3) is 4.65. The summed E-state index contributed by atoms with van der Waals surface area (Å²) in [6, 6.07) is 11.2. The molecule has 1 aromatic heterocycles. The van der Waals surface area contributed by atoms with E-state index < -0.39 is 18.0 Å². The highest BCUT2D eigenvalue weighted by atomic mass is 35.5. The predicted molar refractivity (Wildman–Crippen MR) is 132 cm³/mol. The van der Waals surface area contributed by atoms with Crippen LogP contribution in [0.5, 0.6) is 11.5 Å². The first kappa shape index (κ1) is 24.4. The van der Waals surface area contributed by atoms with E-state index in [-0.39, 0.29) is 16.9 Å². The van der Waals surface area contributed by atoms with Gasteiger partial charge in [0.15, 0.2) is 16.3 Å². The van der Waals surface area contributed by atoms with Crippen LogP contribution in [-0.4, -0.2) is 30.7 Å². The Hall–Kier alpha value is -3.69. The van der Waals surface area contributed by atoms with E-state index in [1.165, 1.54) is 37.0 Å². The molecule has 2 aromatic carbocycles. The minimum Gasteiger partial charge on any atom is -0.493 e. The van der Waals surface area contributed by atoms with Crippen molar-refractivity contribution in [2.45, 2.75) is 19.9 Å². The lowest BCUT2D eigenvalue weighted by Crippen LogP contribution is -2.39. The van der Waals surface area contributed by atoms with Crippen LogP contribution in [0.1, 0.15) is 31.0 Å². The number of fused-ring (bicyclic) bond motifs is 1. The summed E-state index contributed by atoms with van der Waals surface area (Å²) < 4.78 is 17.3. The van der Waals surface area contributed by atoms with Gasteiger partial charge in [0.1, 0.15) is 6.04 Å². The van der Waals surface area contributed by atoms with Crippen molar-refractivity contribution in [3.8, 4) is 11.5 Å². The van der Waals surface area contributed by atoms with Crippen molar-refractivity contribution in [1.29, 1.82) is 0 Å². The average molecular weight is 513 g/mol. The maximum Gasteiger partial charge on any atom is 0.338 e. The first-order valence-corrected chi connectivity index (χ1v) is 11.7. The third-order valence-electron chi connectivity index (χ3n) is 5.37. The van der Waals surface area contributed by atoms with Gasteiger partial charge in [0.05, 0.1) is 30.0 Å². The maximum atomic E-state index is 13.6. The summed E-state index contributed by atoms with van der Waals surface area (Å²) in [5.41, 5.74) is 1.59. The summed E-state index contributed by atoms with van der Waals surface area (Å²) in [5.74, 6) is -0.438. The van der Waals surface area contributed by atoms with Gasteiger partial charge in [-0.3, -0.25) is 14.2 Å². The molecule has 2 heterocycles. The molecule has 0 aliphatic carbocycles. The van der Waals surface area contributed by atoms with Gasteiger partial charge in [-0.25, -0.2) is 9.79 Å². The number of carbonyl (C=O) groups excluding carboxylic acids is 2. The maximum absolute atomic E-state index is 13.6. The lowest BCUT2D eigenvalue weighted by atomic mass is 9.96. The Bertz CT molecular complexity index is 1550.